The van der Waals surface area contributed by atoms with Gasteiger partial charge in [0.2, 0.25) is 5.88 Å². The van der Waals surface area contributed by atoms with E-state index >= 15 is 0 Å². The zero-order valence-electron chi connectivity index (χ0n) is 12.4. The summed E-state index contributed by atoms with van der Waals surface area (Å²) in [6.45, 7) is 2.01. The predicted molar refractivity (Wildman–Crippen MR) is 78.9 cm³/mol. The lowest BCUT2D eigenvalue weighted by Gasteiger charge is -2.16. The first-order valence-corrected chi connectivity index (χ1v) is 6.91. The minimum Gasteiger partial charge on any atom is -0.472 e. The molecule has 1 aromatic heterocycles. The number of nitrogens with zero attached hydrogens (tertiary/aromatic N) is 1. The number of halogens is 3. The van der Waals surface area contributed by atoms with Gasteiger partial charge in [0.1, 0.15) is 12.2 Å². The Balaban J connectivity index is 2.28. The van der Waals surface area contributed by atoms with Crippen LogP contribution in [-0.4, -0.2) is 12.0 Å². The van der Waals surface area contributed by atoms with E-state index in [9.17, 15) is 13.2 Å². The Kier molecular flexibility index (Phi) is 4.90. The van der Waals surface area contributed by atoms with E-state index in [0.29, 0.717) is 0 Å². The first-order chi connectivity index (χ1) is 10.5. The van der Waals surface area contributed by atoms with E-state index in [4.69, 9.17) is 4.74 Å². The number of aromatic nitrogens is 1. The Morgan fingerprint density at radius 2 is 1.95 bits per heavy atom. The quantitative estimate of drug-likeness (QED) is 0.895. The lowest BCUT2D eigenvalue weighted by Crippen LogP contribution is -2.11. The van der Waals surface area contributed by atoms with Gasteiger partial charge in [-0.3, -0.25) is 0 Å². The summed E-state index contributed by atoms with van der Waals surface area (Å²) in [6, 6.07) is 7.90. The molecule has 0 aliphatic heterocycles. The van der Waals surface area contributed by atoms with Gasteiger partial charge in [0, 0.05) is 24.5 Å². The lowest BCUT2D eigenvalue weighted by atomic mass is 10.0. The average molecular weight is 310 g/mol. The van der Waals surface area contributed by atoms with E-state index in [2.05, 4.69) is 10.3 Å². The fraction of sp³-hybridized carbons (Fsp3) is 0.312. The summed E-state index contributed by atoms with van der Waals surface area (Å²) >= 11 is 0. The minimum atomic E-state index is -4.49. The summed E-state index contributed by atoms with van der Waals surface area (Å²) < 4.78 is 44.2. The van der Waals surface area contributed by atoms with Crippen LogP contribution >= 0.6 is 0 Å². The van der Waals surface area contributed by atoms with Crippen molar-refractivity contribution in [2.24, 2.45) is 0 Å². The second-order valence-electron chi connectivity index (χ2n) is 4.69. The van der Waals surface area contributed by atoms with Gasteiger partial charge in [-0.2, -0.15) is 13.2 Å². The molecular weight excluding hydrogens is 293 g/mol. The third kappa shape index (κ3) is 3.50. The molecule has 0 saturated heterocycles. The van der Waals surface area contributed by atoms with Crippen LogP contribution in [0.15, 0.2) is 36.5 Å². The molecule has 0 amide bonds. The van der Waals surface area contributed by atoms with Crippen LogP contribution in [0.3, 0.4) is 0 Å². The smallest absolute Gasteiger partial charge is 0.421 e. The van der Waals surface area contributed by atoms with E-state index in [1.54, 1.807) is 7.05 Å². The van der Waals surface area contributed by atoms with Crippen molar-refractivity contribution in [1.82, 2.24) is 4.98 Å². The van der Waals surface area contributed by atoms with Gasteiger partial charge < -0.3 is 10.1 Å². The molecule has 0 atom stereocenters. The van der Waals surface area contributed by atoms with E-state index in [0.717, 1.165) is 29.3 Å². The number of pyridine rings is 1. The van der Waals surface area contributed by atoms with Crippen molar-refractivity contribution in [3.05, 3.63) is 53.2 Å². The van der Waals surface area contributed by atoms with Gasteiger partial charge in [0.15, 0.2) is 0 Å². The molecule has 118 valence electrons. The monoisotopic (exact) mass is 310 g/mol. The van der Waals surface area contributed by atoms with E-state index < -0.39 is 17.6 Å². The van der Waals surface area contributed by atoms with E-state index in [1.165, 1.54) is 12.3 Å². The molecule has 2 aromatic rings. The molecule has 0 unspecified atom stereocenters. The highest BCUT2D eigenvalue weighted by atomic mass is 19.4. The first kappa shape index (κ1) is 16.1. The van der Waals surface area contributed by atoms with Gasteiger partial charge in [-0.05, 0) is 30.2 Å². The third-order valence-corrected chi connectivity index (χ3v) is 3.35. The highest BCUT2D eigenvalue weighted by Crippen LogP contribution is 2.35. The third-order valence-electron chi connectivity index (χ3n) is 3.35. The Morgan fingerprint density at radius 3 is 2.59 bits per heavy atom. The maximum absolute atomic E-state index is 12.9. The molecule has 3 nitrogen and oxygen atoms in total. The van der Waals surface area contributed by atoms with Crippen LogP contribution in [0, 0.1) is 0 Å². The van der Waals surface area contributed by atoms with Crippen molar-refractivity contribution in [2.75, 3.05) is 12.4 Å². The predicted octanol–water partition coefficient (Wildman–Crippen LogP) is 4.28. The SMILES string of the molecule is CCc1cccc(NC)c1COc1ncccc1C(F)(F)F. The van der Waals surface area contributed by atoms with Gasteiger partial charge in [0.05, 0.1) is 0 Å². The molecule has 0 aliphatic carbocycles. The maximum Gasteiger partial charge on any atom is 0.421 e. The molecule has 22 heavy (non-hydrogen) atoms. The van der Waals surface area contributed by atoms with Crippen molar-refractivity contribution in [3.8, 4) is 5.88 Å². The van der Waals surface area contributed by atoms with Gasteiger partial charge >= 0.3 is 6.18 Å². The highest BCUT2D eigenvalue weighted by molar-refractivity contribution is 5.54. The second-order valence-corrected chi connectivity index (χ2v) is 4.69. The molecule has 1 N–H and O–H groups in total. The van der Waals surface area contributed by atoms with Crippen molar-refractivity contribution in [3.63, 3.8) is 0 Å². The summed E-state index contributed by atoms with van der Waals surface area (Å²) in [6.07, 6.45) is -2.43. The molecule has 0 aliphatic rings. The van der Waals surface area contributed by atoms with Crippen molar-refractivity contribution >= 4 is 5.69 Å². The number of anilines is 1. The number of hydrogen-bond donors (Lipinski definition) is 1. The van der Waals surface area contributed by atoms with Gasteiger partial charge in [-0.1, -0.05) is 19.1 Å². The fourth-order valence-corrected chi connectivity index (χ4v) is 2.23. The number of ether oxygens (including phenoxy) is 1. The van der Waals surface area contributed by atoms with Crippen LogP contribution in [0.2, 0.25) is 0 Å². The normalized spacial score (nSPS) is 11.3. The molecule has 1 heterocycles. The summed E-state index contributed by atoms with van der Waals surface area (Å²) in [5.74, 6) is -0.400. The summed E-state index contributed by atoms with van der Waals surface area (Å²) in [5.41, 5.74) is 1.83. The number of aryl methyl sites for hydroxylation is 1. The lowest BCUT2D eigenvalue weighted by molar-refractivity contribution is -0.139. The molecule has 0 saturated carbocycles. The van der Waals surface area contributed by atoms with Crippen LogP contribution in [0.1, 0.15) is 23.6 Å². The Labute approximate surface area is 127 Å². The Bertz CT molecular complexity index is 619. The number of alkyl halides is 3. The topological polar surface area (TPSA) is 34.1 Å². The van der Waals surface area contributed by atoms with Crippen LogP contribution in [0.4, 0.5) is 18.9 Å². The van der Waals surface area contributed by atoms with Crippen LogP contribution < -0.4 is 10.1 Å². The zero-order valence-corrected chi connectivity index (χ0v) is 12.4. The molecular formula is C16H17F3N2O. The zero-order chi connectivity index (χ0) is 16.2. The summed E-state index contributed by atoms with van der Waals surface area (Å²) in [7, 11) is 1.76. The maximum atomic E-state index is 12.9. The fourth-order valence-electron chi connectivity index (χ4n) is 2.23. The standard InChI is InChI=1S/C16H17F3N2O/c1-3-11-6-4-8-14(20-2)12(11)10-22-15-13(16(17,18)19)7-5-9-21-15/h4-9,20H,3,10H2,1-2H3. The Hall–Kier alpha value is -2.24. The molecule has 0 spiro atoms. The Morgan fingerprint density at radius 1 is 1.18 bits per heavy atom. The second kappa shape index (κ2) is 6.68. The number of nitrogens with one attached hydrogen (secondary N) is 1. The molecule has 0 bridgehead atoms. The highest BCUT2D eigenvalue weighted by Gasteiger charge is 2.35. The number of hydrogen-bond acceptors (Lipinski definition) is 3. The van der Waals surface area contributed by atoms with Crippen molar-refractivity contribution < 1.29 is 17.9 Å². The minimum absolute atomic E-state index is 0.0281. The van der Waals surface area contributed by atoms with Crippen LogP contribution in [0.25, 0.3) is 0 Å². The van der Waals surface area contributed by atoms with Gasteiger partial charge in [0.25, 0.3) is 0 Å². The molecule has 1 aromatic carbocycles. The molecule has 2 rings (SSSR count). The van der Waals surface area contributed by atoms with E-state index in [-0.39, 0.29) is 6.61 Å². The van der Waals surface area contributed by atoms with Crippen molar-refractivity contribution in [2.45, 2.75) is 26.1 Å². The summed E-state index contributed by atoms with van der Waals surface area (Å²) in [4.78, 5) is 3.71. The molecule has 0 fully saturated rings. The van der Waals surface area contributed by atoms with Gasteiger partial charge in [-0.25, -0.2) is 4.98 Å². The van der Waals surface area contributed by atoms with Crippen molar-refractivity contribution in [1.29, 1.82) is 0 Å². The first-order valence-electron chi connectivity index (χ1n) is 6.91. The van der Waals surface area contributed by atoms with E-state index in [1.807, 2.05) is 25.1 Å². The largest absolute Gasteiger partial charge is 0.472 e. The van der Waals surface area contributed by atoms with Crippen LogP contribution in [-0.2, 0) is 19.2 Å². The summed E-state index contributed by atoms with van der Waals surface area (Å²) in [5, 5.41) is 3.03. The van der Waals surface area contributed by atoms with Gasteiger partial charge in [-0.15, -0.1) is 0 Å². The van der Waals surface area contributed by atoms with Crippen LogP contribution in [0.5, 0.6) is 5.88 Å². The molecule has 6 heteroatoms. The molecule has 0 radical (unpaired) electrons. The number of rotatable bonds is 5. The average Bonchev–Trinajstić information content (AvgIpc) is 2.51. The number of benzene rings is 1.